The third-order valence-corrected chi connectivity index (χ3v) is 3.14. The second-order valence-electron chi connectivity index (χ2n) is 4.66. The zero-order valence-electron chi connectivity index (χ0n) is 10.9. The molecule has 1 atom stereocenters. The van der Waals surface area contributed by atoms with Gasteiger partial charge in [-0.25, -0.2) is 0 Å². The molecular formula is C14H17N3O2. The Bertz CT molecular complexity index is 540. The molecule has 0 amide bonds. The van der Waals surface area contributed by atoms with Gasteiger partial charge in [-0.3, -0.25) is 4.68 Å². The minimum absolute atomic E-state index is 0.315. The van der Waals surface area contributed by atoms with E-state index in [9.17, 15) is 0 Å². The van der Waals surface area contributed by atoms with Crippen LogP contribution in [0.5, 0.6) is 11.5 Å². The van der Waals surface area contributed by atoms with Crippen LogP contribution in [0.25, 0.3) is 0 Å². The number of para-hydroxylation sites is 1. The summed E-state index contributed by atoms with van der Waals surface area (Å²) in [5.41, 5.74) is 1.13. The van der Waals surface area contributed by atoms with E-state index in [4.69, 9.17) is 9.47 Å². The summed E-state index contributed by atoms with van der Waals surface area (Å²) in [5, 5.41) is 7.67. The molecule has 0 fully saturated rings. The van der Waals surface area contributed by atoms with Gasteiger partial charge in [-0.1, -0.05) is 12.1 Å². The van der Waals surface area contributed by atoms with Crippen LogP contribution >= 0.6 is 0 Å². The molecule has 1 N–H and O–H groups in total. The minimum atomic E-state index is 0.315. The SMILES string of the molecule is C[C@H](Cn1cccn1)NCc1cccc2c1OCO2. The number of benzene rings is 1. The number of rotatable bonds is 5. The molecule has 3 rings (SSSR count). The van der Waals surface area contributed by atoms with E-state index in [2.05, 4.69) is 23.4 Å². The highest BCUT2D eigenvalue weighted by Gasteiger charge is 2.17. The number of fused-ring (bicyclic) bond motifs is 1. The van der Waals surface area contributed by atoms with Crippen LogP contribution in [0.2, 0.25) is 0 Å². The van der Waals surface area contributed by atoms with Crippen molar-refractivity contribution < 1.29 is 9.47 Å². The van der Waals surface area contributed by atoms with E-state index in [1.54, 1.807) is 6.20 Å². The summed E-state index contributed by atoms with van der Waals surface area (Å²) in [6.07, 6.45) is 3.76. The lowest BCUT2D eigenvalue weighted by atomic mass is 10.1. The fourth-order valence-electron chi connectivity index (χ4n) is 2.17. The predicted molar refractivity (Wildman–Crippen MR) is 71.1 cm³/mol. The molecule has 0 spiro atoms. The van der Waals surface area contributed by atoms with Crippen molar-refractivity contribution in [2.45, 2.75) is 26.1 Å². The highest BCUT2D eigenvalue weighted by Crippen LogP contribution is 2.35. The van der Waals surface area contributed by atoms with Crippen LogP contribution in [0.15, 0.2) is 36.7 Å². The van der Waals surface area contributed by atoms with Gasteiger partial charge in [0.15, 0.2) is 11.5 Å². The van der Waals surface area contributed by atoms with Crippen molar-refractivity contribution in [2.75, 3.05) is 6.79 Å². The highest BCUT2D eigenvalue weighted by atomic mass is 16.7. The van der Waals surface area contributed by atoms with Gasteiger partial charge in [0.05, 0.1) is 6.54 Å². The first kappa shape index (κ1) is 12.0. The van der Waals surface area contributed by atoms with Crippen molar-refractivity contribution in [2.24, 2.45) is 0 Å². The van der Waals surface area contributed by atoms with Crippen molar-refractivity contribution in [3.63, 3.8) is 0 Å². The molecule has 0 radical (unpaired) electrons. The first-order valence-corrected chi connectivity index (χ1v) is 6.41. The molecule has 0 bridgehead atoms. The van der Waals surface area contributed by atoms with E-state index in [1.807, 2.05) is 29.1 Å². The molecule has 2 heterocycles. The zero-order chi connectivity index (χ0) is 13.1. The molecule has 1 aliphatic heterocycles. The maximum Gasteiger partial charge on any atom is 0.231 e. The third kappa shape index (κ3) is 2.71. The highest BCUT2D eigenvalue weighted by molar-refractivity contribution is 5.48. The quantitative estimate of drug-likeness (QED) is 0.889. The van der Waals surface area contributed by atoms with Gasteiger partial charge >= 0.3 is 0 Å². The molecule has 5 heteroatoms. The summed E-state index contributed by atoms with van der Waals surface area (Å²) in [4.78, 5) is 0. The molecule has 1 aliphatic rings. The Kier molecular flexibility index (Phi) is 3.37. The van der Waals surface area contributed by atoms with Gasteiger partial charge in [0.25, 0.3) is 0 Å². The Hall–Kier alpha value is -2.01. The zero-order valence-corrected chi connectivity index (χ0v) is 10.9. The number of ether oxygens (including phenoxy) is 2. The molecule has 0 aliphatic carbocycles. The van der Waals surface area contributed by atoms with Crippen molar-refractivity contribution in [1.29, 1.82) is 0 Å². The van der Waals surface area contributed by atoms with Gasteiger partial charge in [-0.15, -0.1) is 0 Å². The Labute approximate surface area is 112 Å². The van der Waals surface area contributed by atoms with Crippen LogP contribution in [-0.4, -0.2) is 22.6 Å². The third-order valence-electron chi connectivity index (χ3n) is 3.14. The average molecular weight is 259 g/mol. The Morgan fingerprint density at radius 2 is 2.32 bits per heavy atom. The number of nitrogens with one attached hydrogen (secondary N) is 1. The second kappa shape index (κ2) is 5.32. The van der Waals surface area contributed by atoms with Crippen molar-refractivity contribution in [3.05, 3.63) is 42.2 Å². The maximum absolute atomic E-state index is 5.49. The molecular weight excluding hydrogens is 242 g/mol. The smallest absolute Gasteiger partial charge is 0.231 e. The van der Waals surface area contributed by atoms with Crippen LogP contribution in [0, 0.1) is 0 Å². The molecule has 100 valence electrons. The van der Waals surface area contributed by atoms with E-state index >= 15 is 0 Å². The molecule has 0 saturated carbocycles. The summed E-state index contributed by atoms with van der Waals surface area (Å²) in [7, 11) is 0. The summed E-state index contributed by atoms with van der Waals surface area (Å²) >= 11 is 0. The van der Waals surface area contributed by atoms with E-state index in [-0.39, 0.29) is 0 Å². The Morgan fingerprint density at radius 1 is 1.37 bits per heavy atom. The molecule has 5 nitrogen and oxygen atoms in total. The standard InChI is InChI=1S/C14H17N3O2/c1-11(9-17-7-3-6-16-17)15-8-12-4-2-5-13-14(12)19-10-18-13/h2-7,11,15H,8-10H2,1H3/t11-/m1/s1. The predicted octanol–water partition coefficient (Wildman–Crippen LogP) is 1.79. The van der Waals surface area contributed by atoms with Crippen LogP contribution in [-0.2, 0) is 13.1 Å². The first-order valence-electron chi connectivity index (χ1n) is 6.41. The van der Waals surface area contributed by atoms with Crippen molar-refractivity contribution in [1.82, 2.24) is 15.1 Å². The first-order chi connectivity index (χ1) is 9.33. The topological polar surface area (TPSA) is 48.3 Å². The Morgan fingerprint density at radius 3 is 3.16 bits per heavy atom. The van der Waals surface area contributed by atoms with Gasteiger partial charge < -0.3 is 14.8 Å². The van der Waals surface area contributed by atoms with Crippen LogP contribution in [0.3, 0.4) is 0 Å². The van der Waals surface area contributed by atoms with Crippen LogP contribution in [0.4, 0.5) is 0 Å². The van der Waals surface area contributed by atoms with Gasteiger partial charge in [-0.2, -0.15) is 5.10 Å². The number of nitrogens with zero attached hydrogens (tertiary/aromatic N) is 2. The summed E-state index contributed by atoms with van der Waals surface area (Å²) in [5.74, 6) is 1.69. The number of hydrogen-bond acceptors (Lipinski definition) is 4. The lowest BCUT2D eigenvalue weighted by Gasteiger charge is -2.14. The largest absolute Gasteiger partial charge is 0.454 e. The molecule has 19 heavy (non-hydrogen) atoms. The minimum Gasteiger partial charge on any atom is -0.454 e. The van der Waals surface area contributed by atoms with Crippen molar-refractivity contribution in [3.8, 4) is 11.5 Å². The lowest BCUT2D eigenvalue weighted by molar-refractivity contribution is 0.173. The van der Waals surface area contributed by atoms with E-state index in [0.29, 0.717) is 12.8 Å². The molecule has 2 aromatic rings. The van der Waals surface area contributed by atoms with E-state index in [1.165, 1.54) is 0 Å². The summed E-state index contributed by atoms with van der Waals surface area (Å²) in [6.45, 7) is 4.06. The van der Waals surface area contributed by atoms with Gasteiger partial charge in [0.2, 0.25) is 6.79 Å². The molecule has 0 saturated heterocycles. The lowest BCUT2D eigenvalue weighted by Crippen LogP contribution is -2.30. The average Bonchev–Trinajstić information content (AvgIpc) is 3.06. The summed E-state index contributed by atoms with van der Waals surface area (Å²) < 4.78 is 12.8. The maximum atomic E-state index is 5.49. The fraction of sp³-hybridized carbons (Fsp3) is 0.357. The normalized spacial score (nSPS) is 14.6. The van der Waals surface area contributed by atoms with Crippen molar-refractivity contribution >= 4 is 0 Å². The Balaban J connectivity index is 1.59. The second-order valence-corrected chi connectivity index (χ2v) is 4.66. The van der Waals surface area contributed by atoms with E-state index < -0.39 is 0 Å². The number of aromatic nitrogens is 2. The van der Waals surface area contributed by atoms with Gasteiger partial charge in [-0.05, 0) is 19.1 Å². The monoisotopic (exact) mass is 259 g/mol. The van der Waals surface area contributed by atoms with E-state index in [0.717, 1.165) is 30.2 Å². The number of hydrogen-bond donors (Lipinski definition) is 1. The van der Waals surface area contributed by atoms with Gasteiger partial charge in [0.1, 0.15) is 0 Å². The molecule has 1 aromatic heterocycles. The molecule has 0 unspecified atom stereocenters. The van der Waals surface area contributed by atoms with Crippen LogP contribution in [0.1, 0.15) is 12.5 Å². The fourth-order valence-corrected chi connectivity index (χ4v) is 2.17. The molecule has 1 aromatic carbocycles. The summed E-state index contributed by atoms with van der Waals surface area (Å²) in [6, 6.07) is 8.24. The van der Waals surface area contributed by atoms with Crippen LogP contribution < -0.4 is 14.8 Å². The van der Waals surface area contributed by atoms with Gasteiger partial charge in [0, 0.05) is 30.5 Å².